The van der Waals surface area contributed by atoms with Crippen molar-refractivity contribution in [1.82, 2.24) is 15.8 Å². The van der Waals surface area contributed by atoms with E-state index in [1.54, 1.807) is 13.2 Å². The average Bonchev–Trinajstić information content (AvgIpc) is 2.89. The van der Waals surface area contributed by atoms with Crippen molar-refractivity contribution in [3.8, 4) is 0 Å². The second-order valence-electron chi connectivity index (χ2n) is 3.77. The van der Waals surface area contributed by atoms with Crippen molar-refractivity contribution in [1.29, 1.82) is 0 Å². The van der Waals surface area contributed by atoms with E-state index in [0.29, 0.717) is 18.1 Å². The van der Waals surface area contributed by atoms with Gasteiger partial charge in [0, 0.05) is 25.8 Å². The molecule has 0 aliphatic carbocycles. The van der Waals surface area contributed by atoms with Gasteiger partial charge in [0.05, 0.1) is 0 Å². The molecule has 6 heteroatoms. The van der Waals surface area contributed by atoms with Crippen molar-refractivity contribution >= 4 is 5.91 Å². The van der Waals surface area contributed by atoms with Crippen molar-refractivity contribution in [3.05, 3.63) is 17.5 Å². The summed E-state index contributed by atoms with van der Waals surface area (Å²) in [6, 6.07) is 1.79. The lowest BCUT2D eigenvalue weighted by Gasteiger charge is -2.08. The fourth-order valence-electron chi connectivity index (χ4n) is 1.67. The largest absolute Gasteiger partial charge is 0.377 e. The first kappa shape index (κ1) is 11.1. The topological polar surface area (TPSA) is 76.4 Å². The summed E-state index contributed by atoms with van der Waals surface area (Å²) in [5.41, 5.74) is 0.305. The van der Waals surface area contributed by atoms with Gasteiger partial charge in [0.25, 0.3) is 5.91 Å². The maximum Gasteiger partial charge on any atom is 0.273 e. The standard InChI is InChI=1S/C10H15N3O3/c1-15-6-8-4-9(13-16-8)10(14)12-7-2-3-11-5-7/h4,7,11H,2-3,5-6H2,1H3,(H,12,14)/t7-/m0/s1. The Kier molecular flexibility index (Phi) is 3.53. The Labute approximate surface area is 93.3 Å². The SMILES string of the molecule is COCc1cc(C(=O)N[C@H]2CCNC2)no1. The van der Waals surface area contributed by atoms with Crippen LogP contribution in [0.5, 0.6) is 0 Å². The summed E-state index contributed by atoms with van der Waals surface area (Å²) in [5, 5.41) is 9.75. The first-order chi connectivity index (χ1) is 7.79. The minimum absolute atomic E-state index is 0.190. The average molecular weight is 225 g/mol. The van der Waals surface area contributed by atoms with Crippen molar-refractivity contribution in [2.24, 2.45) is 0 Å². The first-order valence-electron chi connectivity index (χ1n) is 5.25. The maximum atomic E-state index is 11.7. The van der Waals surface area contributed by atoms with Crippen LogP contribution < -0.4 is 10.6 Å². The number of nitrogens with zero attached hydrogens (tertiary/aromatic N) is 1. The molecular formula is C10H15N3O3. The first-order valence-corrected chi connectivity index (χ1v) is 5.25. The summed E-state index contributed by atoms with van der Waals surface area (Å²) in [7, 11) is 1.56. The summed E-state index contributed by atoms with van der Waals surface area (Å²) in [6.45, 7) is 2.08. The molecule has 1 aromatic rings. The summed E-state index contributed by atoms with van der Waals surface area (Å²) in [5.74, 6) is 0.358. The smallest absolute Gasteiger partial charge is 0.273 e. The number of ether oxygens (including phenoxy) is 1. The number of methoxy groups -OCH3 is 1. The number of aromatic nitrogens is 1. The van der Waals surface area contributed by atoms with Gasteiger partial charge in [0.1, 0.15) is 6.61 Å². The molecule has 0 saturated carbocycles. The van der Waals surface area contributed by atoms with Crippen molar-refractivity contribution in [2.45, 2.75) is 19.1 Å². The van der Waals surface area contributed by atoms with E-state index in [-0.39, 0.29) is 11.9 Å². The Morgan fingerprint density at radius 3 is 3.38 bits per heavy atom. The van der Waals surface area contributed by atoms with Crippen LogP contribution >= 0.6 is 0 Å². The molecule has 1 aromatic heterocycles. The van der Waals surface area contributed by atoms with Crippen molar-refractivity contribution in [2.75, 3.05) is 20.2 Å². The second-order valence-corrected chi connectivity index (χ2v) is 3.77. The maximum absolute atomic E-state index is 11.7. The lowest BCUT2D eigenvalue weighted by molar-refractivity contribution is 0.0930. The van der Waals surface area contributed by atoms with Crippen LogP contribution in [0.25, 0.3) is 0 Å². The van der Waals surface area contributed by atoms with E-state index in [4.69, 9.17) is 9.26 Å². The lowest BCUT2D eigenvalue weighted by Crippen LogP contribution is -2.36. The normalized spacial score (nSPS) is 19.9. The quantitative estimate of drug-likeness (QED) is 0.749. The lowest BCUT2D eigenvalue weighted by atomic mass is 10.2. The number of carbonyl (C=O) groups excluding carboxylic acids is 1. The predicted octanol–water partition coefficient (Wildman–Crippen LogP) is -0.0873. The Hall–Kier alpha value is -1.40. The molecule has 0 spiro atoms. The molecule has 0 bridgehead atoms. The number of hydrogen-bond acceptors (Lipinski definition) is 5. The minimum Gasteiger partial charge on any atom is -0.377 e. The summed E-state index contributed by atoms with van der Waals surface area (Å²) >= 11 is 0. The van der Waals surface area contributed by atoms with E-state index in [9.17, 15) is 4.79 Å². The number of nitrogens with one attached hydrogen (secondary N) is 2. The molecule has 1 saturated heterocycles. The highest BCUT2D eigenvalue weighted by molar-refractivity contribution is 5.92. The molecule has 16 heavy (non-hydrogen) atoms. The van der Waals surface area contributed by atoms with E-state index in [1.165, 1.54) is 0 Å². The van der Waals surface area contributed by atoms with Gasteiger partial charge in [-0.1, -0.05) is 5.16 Å². The minimum atomic E-state index is -0.195. The van der Waals surface area contributed by atoms with E-state index in [0.717, 1.165) is 19.5 Å². The van der Waals surface area contributed by atoms with Gasteiger partial charge in [-0.25, -0.2) is 0 Å². The van der Waals surface area contributed by atoms with Crippen LogP contribution in [0.3, 0.4) is 0 Å². The van der Waals surface area contributed by atoms with E-state index in [2.05, 4.69) is 15.8 Å². The highest BCUT2D eigenvalue weighted by Crippen LogP contribution is 2.06. The third-order valence-electron chi connectivity index (χ3n) is 2.47. The van der Waals surface area contributed by atoms with Gasteiger partial charge < -0.3 is 19.9 Å². The number of rotatable bonds is 4. The molecule has 2 rings (SSSR count). The molecule has 1 aliphatic heterocycles. The van der Waals surface area contributed by atoms with Gasteiger partial charge in [-0.3, -0.25) is 4.79 Å². The van der Waals surface area contributed by atoms with Crippen LogP contribution in [0.2, 0.25) is 0 Å². The molecule has 2 heterocycles. The molecule has 6 nitrogen and oxygen atoms in total. The van der Waals surface area contributed by atoms with Gasteiger partial charge in [-0.05, 0) is 13.0 Å². The molecule has 88 valence electrons. The Morgan fingerprint density at radius 2 is 2.69 bits per heavy atom. The fourth-order valence-corrected chi connectivity index (χ4v) is 1.67. The number of hydrogen-bond donors (Lipinski definition) is 2. The zero-order valence-electron chi connectivity index (χ0n) is 9.16. The van der Waals surface area contributed by atoms with Gasteiger partial charge in [-0.15, -0.1) is 0 Å². The summed E-state index contributed by atoms with van der Waals surface area (Å²) < 4.78 is 9.82. The van der Waals surface area contributed by atoms with Crippen LogP contribution in [0, 0.1) is 0 Å². The third kappa shape index (κ3) is 2.59. The molecular weight excluding hydrogens is 210 g/mol. The zero-order chi connectivity index (χ0) is 11.4. The molecule has 0 unspecified atom stereocenters. The monoisotopic (exact) mass is 225 g/mol. The molecule has 1 amide bonds. The van der Waals surface area contributed by atoms with E-state index in [1.807, 2.05) is 0 Å². The summed E-state index contributed by atoms with van der Waals surface area (Å²) in [6.07, 6.45) is 0.953. The van der Waals surface area contributed by atoms with E-state index < -0.39 is 0 Å². The van der Waals surface area contributed by atoms with E-state index >= 15 is 0 Å². The molecule has 2 N–H and O–H groups in total. The van der Waals surface area contributed by atoms with Crippen molar-refractivity contribution < 1.29 is 14.1 Å². The molecule has 1 aliphatic rings. The zero-order valence-corrected chi connectivity index (χ0v) is 9.16. The van der Waals surface area contributed by atoms with Crippen LogP contribution in [-0.4, -0.2) is 37.3 Å². The highest BCUT2D eigenvalue weighted by atomic mass is 16.5. The van der Waals surface area contributed by atoms with Crippen LogP contribution in [0.15, 0.2) is 10.6 Å². The number of carbonyl (C=O) groups is 1. The Morgan fingerprint density at radius 1 is 1.81 bits per heavy atom. The van der Waals surface area contributed by atoms with Gasteiger partial charge in [0.2, 0.25) is 0 Å². The molecule has 0 aromatic carbocycles. The van der Waals surface area contributed by atoms with Crippen LogP contribution in [0.1, 0.15) is 22.7 Å². The third-order valence-corrected chi connectivity index (χ3v) is 2.47. The molecule has 0 radical (unpaired) electrons. The van der Waals surface area contributed by atoms with Gasteiger partial charge in [-0.2, -0.15) is 0 Å². The predicted molar refractivity (Wildman–Crippen MR) is 56.0 cm³/mol. The molecule has 1 atom stereocenters. The Balaban J connectivity index is 1.91. The molecule has 1 fully saturated rings. The second kappa shape index (κ2) is 5.09. The number of amides is 1. The Bertz CT molecular complexity index is 358. The van der Waals surface area contributed by atoms with Crippen LogP contribution in [0.4, 0.5) is 0 Å². The highest BCUT2D eigenvalue weighted by Gasteiger charge is 2.19. The fraction of sp³-hybridized carbons (Fsp3) is 0.600. The van der Waals surface area contributed by atoms with Crippen LogP contribution in [-0.2, 0) is 11.3 Å². The van der Waals surface area contributed by atoms with Gasteiger partial charge >= 0.3 is 0 Å². The van der Waals surface area contributed by atoms with Crippen molar-refractivity contribution in [3.63, 3.8) is 0 Å². The van der Waals surface area contributed by atoms with Gasteiger partial charge in [0.15, 0.2) is 11.5 Å². The summed E-state index contributed by atoms with van der Waals surface area (Å²) in [4.78, 5) is 11.7.